The molecule has 1 unspecified atom stereocenters. The second-order valence-electron chi connectivity index (χ2n) is 8.62. The summed E-state index contributed by atoms with van der Waals surface area (Å²) in [6.45, 7) is 2.97. The third-order valence-electron chi connectivity index (χ3n) is 5.36. The van der Waals surface area contributed by atoms with Crippen molar-refractivity contribution in [3.05, 3.63) is 65.7 Å². The fourth-order valence-electron chi connectivity index (χ4n) is 3.48. The smallest absolute Gasteiger partial charge is 0.318 e. The number of nitrogens with zero attached hydrogens (tertiary/aromatic N) is 2. The topological polar surface area (TPSA) is 114 Å². The van der Waals surface area contributed by atoms with E-state index in [9.17, 15) is 19.5 Å². The van der Waals surface area contributed by atoms with Crippen LogP contribution in [0.15, 0.2) is 54.6 Å². The van der Waals surface area contributed by atoms with Crippen LogP contribution in [0.3, 0.4) is 0 Å². The van der Waals surface area contributed by atoms with E-state index in [1.807, 2.05) is 61.5 Å². The largest absolute Gasteiger partial charge is 0.395 e. The summed E-state index contributed by atoms with van der Waals surface area (Å²) in [5.74, 6) is -0.444. The molecule has 0 fully saturated rings. The molecule has 2 rings (SSSR count). The molecule has 0 aliphatic rings. The molecule has 9 heteroatoms. The number of carbonyl (C=O) groups excluding carboxylic acids is 3. The van der Waals surface area contributed by atoms with Crippen molar-refractivity contribution in [2.75, 3.05) is 52.2 Å². The van der Waals surface area contributed by atoms with Crippen molar-refractivity contribution < 1.29 is 19.5 Å². The lowest BCUT2D eigenvalue weighted by Gasteiger charge is -2.26. The van der Waals surface area contributed by atoms with Crippen LogP contribution in [-0.2, 0) is 22.4 Å². The van der Waals surface area contributed by atoms with E-state index in [2.05, 4.69) is 16.0 Å². The van der Waals surface area contributed by atoms with Gasteiger partial charge in [0.05, 0.1) is 6.61 Å². The molecule has 2 aromatic rings. The van der Waals surface area contributed by atoms with Crippen molar-refractivity contribution in [1.82, 2.24) is 20.4 Å². The molecule has 1 atom stereocenters. The van der Waals surface area contributed by atoms with E-state index < -0.39 is 12.1 Å². The lowest BCUT2D eigenvalue weighted by molar-refractivity contribution is -0.123. The number of nitrogens with one attached hydrogen (secondary N) is 3. The molecule has 4 N–H and O–H groups in total. The van der Waals surface area contributed by atoms with Crippen LogP contribution in [0.1, 0.15) is 18.1 Å². The Morgan fingerprint density at radius 2 is 1.60 bits per heavy atom. The Hall–Kier alpha value is -3.43. The van der Waals surface area contributed by atoms with E-state index in [1.165, 1.54) is 11.8 Å². The summed E-state index contributed by atoms with van der Waals surface area (Å²) in [4.78, 5) is 40.8. The first-order valence-corrected chi connectivity index (χ1v) is 11.8. The van der Waals surface area contributed by atoms with Gasteiger partial charge in [0.2, 0.25) is 11.8 Å². The van der Waals surface area contributed by atoms with Gasteiger partial charge in [-0.1, -0.05) is 42.5 Å². The Labute approximate surface area is 207 Å². The van der Waals surface area contributed by atoms with Crippen molar-refractivity contribution in [1.29, 1.82) is 0 Å². The standard InChI is InChI=1S/C26H37N5O4/c1-20(33)28-23-11-9-22(10-12-23)19-24(25(34)27-14-16-30(2)3)29-26(35)31(17-18-32)15-13-21-7-5-4-6-8-21/h4-12,24,32H,13-19H2,1-3H3,(H,27,34)(H,28,33)(H,29,35). The van der Waals surface area contributed by atoms with Gasteiger partial charge >= 0.3 is 6.03 Å². The Balaban J connectivity index is 2.09. The molecule has 0 aromatic heterocycles. The zero-order chi connectivity index (χ0) is 25.6. The van der Waals surface area contributed by atoms with Gasteiger partial charge in [-0.05, 0) is 43.8 Å². The Kier molecular flexibility index (Phi) is 11.7. The quantitative estimate of drug-likeness (QED) is 0.345. The summed E-state index contributed by atoms with van der Waals surface area (Å²) >= 11 is 0. The van der Waals surface area contributed by atoms with E-state index >= 15 is 0 Å². The van der Waals surface area contributed by atoms with Gasteiger partial charge < -0.3 is 30.9 Å². The molecule has 0 aliphatic heterocycles. The van der Waals surface area contributed by atoms with E-state index in [4.69, 9.17) is 0 Å². The Bertz CT molecular complexity index is 935. The Morgan fingerprint density at radius 3 is 2.20 bits per heavy atom. The summed E-state index contributed by atoms with van der Waals surface area (Å²) in [5.41, 5.74) is 2.58. The molecule has 0 radical (unpaired) electrons. The number of rotatable bonds is 13. The molecule has 0 aliphatic carbocycles. The van der Waals surface area contributed by atoms with Crippen molar-refractivity contribution in [3.63, 3.8) is 0 Å². The summed E-state index contributed by atoms with van der Waals surface area (Å²) in [6.07, 6.45) is 0.921. The van der Waals surface area contributed by atoms with E-state index in [1.54, 1.807) is 12.1 Å². The highest BCUT2D eigenvalue weighted by atomic mass is 16.3. The molecular formula is C26H37N5O4. The van der Waals surface area contributed by atoms with Crippen LogP contribution in [0.4, 0.5) is 10.5 Å². The normalized spacial score (nSPS) is 11.6. The van der Waals surface area contributed by atoms with Crippen molar-refractivity contribution in [2.24, 2.45) is 0 Å². The monoisotopic (exact) mass is 483 g/mol. The van der Waals surface area contributed by atoms with Crippen LogP contribution in [0.2, 0.25) is 0 Å². The van der Waals surface area contributed by atoms with Gasteiger partial charge in [-0.2, -0.15) is 0 Å². The summed E-state index contributed by atoms with van der Waals surface area (Å²) < 4.78 is 0. The molecule has 0 spiro atoms. The maximum atomic E-state index is 13.1. The summed E-state index contributed by atoms with van der Waals surface area (Å²) in [5, 5.41) is 17.9. The van der Waals surface area contributed by atoms with Gasteiger partial charge in [-0.3, -0.25) is 9.59 Å². The summed E-state index contributed by atoms with van der Waals surface area (Å²) in [7, 11) is 3.84. The minimum Gasteiger partial charge on any atom is -0.395 e. The van der Waals surface area contributed by atoms with E-state index in [-0.39, 0.29) is 31.4 Å². The van der Waals surface area contributed by atoms with Crippen molar-refractivity contribution in [3.8, 4) is 0 Å². The molecule has 2 aromatic carbocycles. The zero-order valence-electron chi connectivity index (χ0n) is 20.8. The number of anilines is 1. The minimum absolute atomic E-state index is 0.164. The molecule has 190 valence electrons. The van der Waals surface area contributed by atoms with E-state index in [0.29, 0.717) is 31.7 Å². The second kappa shape index (κ2) is 14.7. The van der Waals surface area contributed by atoms with Crippen LogP contribution in [-0.4, -0.2) is 85.7 Å². The molecule has 9 nitrogen and oxygen atoms in total. The third-order valence-corrected chi connectivity index (χ3v) is 5.36. The maximum absolute atomic E-state index is 13.1. The predicted octanol–water partition coefficient (Wildman–Crippen LogP) is 1.48. The lowest BCUT2D eigenvalue weighted by Crippen LogP contribution is -2.53. The number of hydrogen-bond acceptors (Lipinski definition) is 5. The van der Waals surface area contributed by atoms with Crippen LogP contribution in [0.5, 0.6) is 0 Å². The summed E-state index contributed by atoms with van der Waals surface area (Å²) in [6, 6.07) is 15.7. The highest BCUT2D eigenvalue weighted by Crippen LogP contribution is 2.12. The van der Waals surface area contributed by atoms with Gasteiger partial charge in [0.25, 0.3) is 0 Å². The van der Waals surface area contributed by atoms with Gasteiger partial charge in [0, 0.05) is 45.2 Å². The Morgan fingerprint density at radius 1 is 0.914 bits per heavy atom. The van der Waals surface area contributed by atoms with Gasteiger partial charge in [0.15, 0.2) is 0 Å². The molecule has 0 bridgehead atoms. The first kappa shape index (κ1) is 27.8. The lowest BCUT2D eigenvalue weighted by atomic mass is 10.0. The number of benzene rings is 2. The molecular weight excluding hydrogens is 446 g/mol. The number of carbonyl (C=O) groups is 3. The van der Waals surface area contributed by atoms with Gasteiger partial charge in [-0.15, -0.1) is 0 Å². The number of aliphatic hydroxyl groups excluding tert-OH is 1. The average Bonchev–Trinajstić information content (AvgIpc) is 2.82. The number of hydrogen-bond donors (Lipinski definition) is 4. The average molecular weight is 484 g/mol. The van der Waals surface area contributed by atoms with Crippen molar-refractivity contribution >= 4 is 23.5 Å². The van der Waals surface area contributed by atoms with E-state index in [0.717, 1.165) is 11.1 Å². The third kappa shape index (κ3) is 10.6. The zero-order valence-corrected chi connectivity index (χ0v) is 20.8. The second-order valence-corrected chi connectivity index (χ2v) is 8.62. The predicted molar refractivity (Wildman–Crippen MR) is 137 cm³/mol. The van der Waals surface area contributed by atoms with Crippen molar-refractivity contribution in [2.45, 2.75) is 25.8 Å². The molecule has 0 saturated heterocycles. The minimum atomic E-state index is -0.797. The van der Waals surface area contributed by atoms with Crippen LogP contribution in [0.25, 0.3) is 0 Å². The molecule has 35 heavy (non-hydrogen) atoms. The van der Waals surface area contributed by atoms with Gasteiger partial charge in [-0.25, -0.2) is 4.79 Å². The molecule has 0 saturated carbocycles. The first-order valence-electron chi connectivity index (χ1n) is 11.8. The van der Waals surface area contributed by atoms with Crippen LogP contribution >= 0.6 is 0 Å². The fraction of sp³-hybridized carbons (Fsp3) is 0.423. The van der Waals surface area contributed by atoms with Crippen LogP contribution in [0, 0.1) is 0 Å². The fourth-order valence-corrected chi connectivity index (χ4v) is 3.48. The number of urea groups is 1. The molecule has 4 amide bonds. The SMILES string of the molecule is CC(=O)Nc1ccc(CC(NC(=O)N(CCO)CCc2ccccc2)C(=O)NCCN(C)C)cc1. The highest BCUT2D eigenvalue weighted by molar-refractivity contribution is 5.89. The number of likely N-dealkylation sites (N-methyl/N-ethyl adjacent to an activating group) is 1. The highest BCUT2D eigenvalue weighted by Gasteiger charge is 2.24. The first-order chi connectivity index (χ1) is 16.8. The van der Waals surface area contributed by atoms with Crippen LogP contribution < -0.4 is 16.0 Å². The number of amides is 4. The number of aliphatic hydroxyl groups is 1. The maximum Gasteiger partial charge on any atom is 0.318 e. The molecule has 0 heterocycles. The van der Waals surface area contributed by atoms with Gasteiger partial charge in [0.1, 0.15) is 6.04 Å².